The summed E-state index contributed by atoms with van der Waals surface area (Å²) in [6, 6.07) is 7.60. The normalized spacial score (nSPS) is 13.8. The lowest BCUT2D eigenvalue weighted by molar-refractivity contribution is 0.510. The first-order chi connectivity index (χ1) is 9.29. The number of nitrogens with one attached hydrogen (secondary N) is 1. The molecule has 0 fully saturated rings. The molecular weight excluding hydrogens is 272 g/mol. The Balaban J connectivity index is 2.45. The van der Waals surface area contributed by atoms with Gasteiger partial charge in [0.05, 0.1) is 11.9 Å². The zero-order valence-corrected chi connectivity index (χ0v) is 13.2. The summed E-state index contributed by atoms with van der Waals surface area (Å²) in [6.07, 6.45) is 3.96. The van der Waals surface area contributed by atoms with Gasteiger partial charge in [-0.05, 0) is 43.5 Å². The van der Waals surface area contributed by atoms with E-state index in [1.54, 1.807) is 0 Å². The maximum atomic E-state index is 12.1. The van der Waals surface area contributed by atoms with Gasteiger partial charge in [0.25, 0.3) is 0 Å². The third-order valence-corrected chi connectivity index (χ3v) is 4.65. The molecule has 5 heteroatoms. The van der Waals surface area contributed by atoms with E-state index in [-0.39, 0.29) is 6.04 Å². The first-order valence-electron chi connectivity index (χ1n) is 6.85. The van der Waals surface area contributed by atoms with E-state index in [0.717, 1.165) is 23.0 Å². The first kappa shape index (κ1) is 14.9. The van der Waals surface area contributed by atoms with Gasteiger partial charge >= 0.3 is 0 Å². The van der Waals surface area contributed by atoms with E-state index in [9.17, 15) is 8.42 Å². The Hall–Kier alpha value is -1.49. The molecule has 0 aliphatic carbocycles. The topological polar surface area (TPSA) is 53.2 Å². The molecule has 0 saturated carbocycles. The Morgan fingerprint density at radius 3 is 2.50 bits per heavy atom. The van der Waals surface area contributed by atoms with Crippen molar-refractivity contribution in [3.05, 3.63) is 30.5 Å². The lowest BCUT2D eigenvalue weighted by atomic mass is 10.0. The highest BCUT2D eigenvalue weighted by molar-refractivity contribution is 7.92. The van der Waals surface area contributed by atoms with Crippen LogP contribution < -0.4 is 4.31 Å². The summed E-state index contributed by atoms with van der Waals surface area (Å²) in [4.78, 5) is 3.12. The van der Waals surface area contributed by atoms with Crippen molar-refractivity contribution in [2.24, 2.45) is 5.92 Å². The van der Waals surface area contributed by atoms with Gasteiger partial charge in [0.1, 0.15) is 0 Å². The van der Waals surface area contributed by atoms with Crippen LogP contribution >= 0.6 is 0 Å². The van der Waals surface area contributed by atoms with Crippen molar-refractivity contribution in [2.45, 2.75) is 33.2 Å². The van der Waals surface area contributed by atoms with Gasteiger partial charge in [0.2, 0.25) is 10.0 Å². The van der Waals surface area contributed by atoms with Gasteiger partial charge in [-0.3, -0.25) is 4.31 Å². The Morgan fingerprint density at radius 1 is 1.20 bits per heavy atom. The van der Waals surface area contributed by atoms with Crippen molar-refractivity contribution in [3.63, 3.8) is 0 Å². The molecule has 2 rings (SSSR count). The second kappa shape index (κ2) is 5.48. The third kappa shape index (κ3) is 3.15. The quantitative estimate of drug-likeness (QED) is 0.919. The average molecular weight is 294 g/mol. The van der Waals surface area contributed by atoms with Gasteiger partial charge in [0.15, 0.2) is 0 Å². The van der Waals surface area contributed by atoms with E-state index < -0.39 is 10.0 Å². The molecule has 0 spiro atoms. The van der Waals surface area contributed by atoms with Crippen LogP contribution in [0.1, 0.15) is 27.2 Å². The minimum atomic E-state index is -3.29. The van der Waals surface area contributed by atoms with Gasteiger partial charge in [-0.15, -0.1) is 0 Å². The number of sulfonamides is 1. The Kier molecular flexibility index (Phi) is 4.09. The molecule has 0 aliphatic rings. The number of aromatic nitrogens is 1. The largest absolute Gasteiger partial charge is 0.361 e. The van der Waals surface area contributed by atoms with Crippen molar-refractivity contribution >= 4 is 26.6 Å². The summed E-state index contributed by atoms with van der Waals surface area (Å²) in [7, 11) is -3.29. The van der Waals surface area contributed by atoms with Crippen LogP contribution in [0.25, 0.3) is 10.9 Å². The van der Waals surface area contributed by atoms with Crippen LogP contribution in [-0.2, 0) is 10.0 Å². The Bertz CT molecular complexity index is 689. The summed E-state index contributed by atoms with van der Waals surface area (Å²) in [6.45, 7) is 6.17. The second-order valence-electron chi connectivity index (χ2n) is 5.79. The molecule has 0 saturated heterocycles. The molecule has 0 aliphatic heterocycles. The Morgan fingerprint density at radius 2 is 1.90 bits per heavy atom. The fourth-order valence-electron chi connectivity index (χ4n) is 2.73. The molecule has 1 N–H and O–H groups in total. The van der Waals surface area contributed by atoms with Gasteiger partial charge < -0.3 is 4.98 Å². The highest BCUT2D eigenvalue weighted by Gasteiger charge is 2.24. The third-order valence-electron chi connectivity index (χ3n) is 3.36. The molecule has 0 radical (unpaired) electrons. The first-order valence-corrected chi connectivity index (χ1v) is 8.70. The van der Waals surface area contributed by atoms with Gasteiger partial charge in [-0.1, -0.05) is 13.8 Å². The van der Waals surface area contributed by atoms with E-state index in [4.69, 9.17) is 0 Å². The van der Waals surface area contributed by atoms with Crippen molar-refractivity contribution in [2.75, 3.05) is 10.6 Å². The number of rotatable bonds is 5. The predicted molar refractivity (Wildman–Crippen MR) is 84.5 cm³/mol. The van der Waals surface area contributed by atoms with E-state index >= 15 is 0 Å². The average Bonchev–Trinajstić information content (AvgIpc) is 2.73. The number of nitrogens with zero attached hydrogens (tertiary/aromatic N) is 1. The molecule has 110 valence electrons. The lowest BCUT2D eigenvalue weighted by Gasteiger charge is -2.30. The Labute approximate surface area is 120 Å². The minimum Gasteiger partial charge on any atom is -0.361 e. The molecule has 4 nitrogen and oxygen atoms in total. The SMILES string of the molecule is CC(C)C[C@@H](C)N(c1ccc2[nH]ccc2c1)S(C)(=O)=O. The molecule has 1 aromatic carbocycles. The molecule has 20 heavy (non-hydrogen) atoms. The molecule has 1 heterocycles. The lowest BCUT2D eigenvalue weighted by Crippen LogP contribution is -2.38. The number of aromatic amines is 1. The van der Waals surface area contributed by atoms with E-state index in [0.29, 0.717) is 5.92 Å². The maximum Gasteiger partial charge on any atom is 0.232 e. The van der Waals surface area contributed by atoms with E-state index in [1.807, 2.05) is 37.4 Å². The van der Waals surface area contributed by atoms with E-state index in [1.165, 1.54) is 10.6 Å². The minimum absolute atomic E-state index is 0.0543. The van der Waals surface area contributed by atoms with E-state index in [2.05, 4.69) is 18.8 Å². The van der Waals surface area contributed by atoms with Crippen molar-refractivity contribution in [3.8, 4) is 0 Å². The maximum absolute atomic E-state index is 12.1. The van der Waals surface area contributed by atoms with Crippen molar-refractivity contribution in [1.82, 2.24) is 4.98 Å². The molecule has 1 atom stereocenters. The van der Waals surface area contributed by atoms with Crippen molar-refractivity contribution < 1.29 is 8.42 Å². The highest BCUT2D eigenvalue weighted by atomic mass is 32.2. The number of hydrogen-bond donors (Lipinski definition) is 1. The van der Waals surface area contributed by atoms with Crippen LogP contribution in [0.4, 0.5) is 5.69 Å². The summed E-state index contributed by atoms with van der Waals surface area (Å²) < 4.78 is 25.8. The number of fused-ring (bicyclic) bond motifs is 1. The monoisotopic (exact) mass is 294 g/mol. The van der Waals surface area contributed by atoms with Crippen LogP contribution in [-0.4, -0.2) is 25.7 Å². The zero-order valence-electron chi connectivity index (χ0n) is 12.4. The summed E-state index contributed by atoms with van der Waals surface area (Å²) >= 11 is 0. The molecule has 2 aromatic rings. The zero-order chi connectivity index (χ0) is 14.9. The van der Waals surface area contributed by atoms with Crippen LogP contribution in [0.15, 0.2) is 30.5 Å². The molecule has 0 amide bonds. The van der Waals surface area contributed by atoms with Gasteiger partial charge in [-0.2, -0.15) is 0 Å². The summed E-state index contributed by atoms with van der Waals surface area (Å²) in [5.74, 6) is 0.449. The fraction of sp³-hybridized carbons (Fsp3) is 0.467. The highest BCUT2D eigenvalue weighted by Crippen LogP contribution is 2.27. The number of benzene rings is 1. The summed E-state index contributed by atoms with van der Waals surface area (Å²) in [5, 5.41) is 1.02. The van der Waals surface area contributed by atoms with Crippen LogP contribution in [0.3, 0.4) is 0 Å². The predicted octanol–water partition coefficient (Wildman–Crippen LogP) is 3.37. The van der Waals surface area contributed by atoms with Crippen LogP contribution in [0.5, 0.6) is 0 Å². The molecular formula is C15H22N2O2S. The van der Waals surface area contributed by atoms with Crippen LogP contribution in [0, 0.1) is 5.92 Å². The number of hydrogen-bond acceptors (Lipinski definition) is 2. The van der Waals surface area contributed by atoms with Crippen LogP contribution in [0.2, 0.25) is 0 Å². The molecule has 0 bridgehead atoms. The van der Waals surface area contributed by atoms with Gasteiger partial charge in [0, 0.05) is 23.1 Å². The molecule has 0 unspecified atom stereocenters. The smallest absolute Gasteiger partial charge is 0.232 e. The number of H-pyrrole nitrogens is 1. The van der Waals surface area contributed by atoms with Crippen molar-refractivity contribution in [1.29, 1.82) is 0 Å². The number of anilines is 1. The molecule has 1 aromatic heterocycles. The fourth-order valence-corrected chi connectivity index (χ4v) is 3.96. The second-order valence-corrected chi connectivity index (χ2v) is 7.65. The standard InChI is InChI=1S/C15H22N2O2S/c1-11(2)9-12(3)17(20(4,18)19)14-5-6-15-13(10-14)7-8-16-15/h5-8,10-12,16H,9H2,1-4H3/t12-/m1/s1. The summed E-state index contributed by atoms with van der Waals surface area (Å²) in [5.41, 5.74) is 1.74. The van der Waals surface area contributed by atoms with Gasteiger partial charge in [-0.25, -0.2) is 8.42 Å².